The van der Waals surface area contributed by atoms with Gasteiger partial charge >= 0.3 is 0 Å². The molecule has 0 aliphatic carbocycles. The Bertz CT molecular complexity index is 935. The van der Waals surface area contributed by atoms with E-state index in [1.165, 1.54) is 11.3 Å². The summed E-state index contributed by atoms with van der Waals surface area (Å²) in [5.41, 5.74) is 2.04. The maximum atomic E-state index is 12.9. The van der Waals surface area contributed by atoms with Crippen LogP contribution in [-0.4, -0.2) is 38.9 Å². The lowest BCUT2D eigenvalue weighted by molar-refractivity contribution is -0.125. The second-order valence-electron chi connectivity index (χ2n) is 6.93. The van der Waals surface area contributed by atoms with Gasteiger partial charge in [-0.3, -0.25) is 9.59 Å². The van der Waals surface area contributed by atoms with Crippen LogP contribution >= 0.6 is 11.3 Å². The van der Waals surface area contributed by atoms with Gasteiger partial charge in [0.15, 0.2) is 0 Å². The zero-order chi connectivity index (χ0) is 19.5. The van der Waals surface area contributed by atoms with Crippen molar-refractivity contribution in [2.45, 2.75) is 31.8 Å². The van der Waals surface area contributed by atoms with Gasteiger partial charge in [-0.25, -0.2) is 4.98 Å². The summed E-state index contributed by atoms with van der Waals surface area (Å²) >= 11 is 1.41. The van der Waals surface area contributed by atoms with Crippen molar-refractivity contribution in [3.05, 3.63) is 70.9 Å². The van der Waals surface area contributed by atoms with Crippen molar-refractivity contribution in [2.75, 3.05) is 6.54 Å². The highest BCUT2D eigenvalue weighted by molar-refractivity contribution is 7.12. The number of rotatable bonds is 5. The summed E-state index contributed by atoms with van der Waals surface area (Å²) in [7, 11) is 0. The Morgan fingerprint density at radius 1 is 1.25 bits per heavy atom. The summed E-state index contributed by atoms with van der Waals surface area (Å²) in [4.78, 5) is 32.0. The fraction of sp³-hybridized carbons (Fsp3) is 0.286. The summed E-state index contributed by atoms with van der Waals surface area (Å²) in [5, 5.41) is 4.96. The average molecular weight is 395 g/mol. The summed E-state index contributed by atoms with van der Waals surface area (Å²) in [5.74, 6) is -0.140. The van der Waals surface area contributed by atoms with Crippen LogP contribution in [0.15, 0.2) is 60.5 Å². The second kappa shape index (κ2) is 7.98. The molecular weight excluding hydrogens is 372 g/mol. The second-order valence-corrected chi connectivity index (χ2v) is 7.87. The first-order chi connectivity index (χ1) is 13.6. The molecule has 3 heterocycles. The molecule has 1 N–H and O–H groups in total. The lowest BCUT2D eigenvalue weighted by atomic mass is 10.1. The monoisotopic (exact) mass is 394 g/mol. The normalized spacial score (nSPS) is 17.5. The van der Waals surface area contributed by atoms with Gasteiger partial charge < -0.3 is 14.8 Å². The van der Waals surface area contributed by atoms with E-state index in [1.54, 1.807) is 17.4 Å². The Hall–Kier alpha value is -2.93. The van der Waals surface area contributed by atoms with Gasteiger partial charge in [-0.15, -0.1) is 11.3 Å². The highest BCUT2D eigenvalue weighted by atomic mass is 32.1. The third kappa shape index (κ3) is 3.71. The quantitative estimate of drug-likeness (QED) is 0.721. The van der Waals surface area contributed by atoms with E-state index >= 15 is 0 Å². The number of benzene rings is 1. The van der Waals surface area contributed by atoms with E-state index in [2.05, 4.69) is 10.3 Å². The number of hydrogen-bond donors (Lipinski definition) is 1. The van der Waals surface area contributed by atoms with Gasteiger partial charge in [0.25, 0.3) is 5.91 Å². The predicted octanol–water partition coefficient (Wildman–Crippen LogP) is 3.42. The Labute approximate surface area is 167 Å². The molecule has 0 saturated carbocycles. The highest BCUT2D eigenvalue weighted by Crippen LogP contribution is 2.23. The Morgan fingerprint density at radius 3 is 2.75 bits per heavy atom. The third-order valence-electron chi connectivity index (χ3n) is 5.10. The van der Waals surface area contributed by atoms with Crippen LogP contribution in [0.5, 0.6) is 0 Å². The maximum absolute atomic E-state index is 12.9. The molecule has 1 aliphatic rings. The summed E-state index contributed by atoms with van der Waals surface area (Å²) in [6.45, 7) is 2.59. The molecular formula is C21H22N4O2S. The Kier molecular flexibility index (Phi) is 5.25. The molecule has 2 aromatic heterocycles. The van der Waals surface area contributed by atoms with E-state index in [9.17, 15) is 9.59 Å². The lowest BCUT2D eigenvalue weighted by Gasteiger charge is -2.25. The number of aromatic nitrogens is 2. The number of likely N-dealkylation sites (tertiary alicyclic amines) is 1. The SMILES string of the molecule is C[C@@H](NC(=O)[C@@H]1CCCN1C(=O)c1cccs1)c1ccc(-n2ccnc2)cc1. The molecule has 144 valence electrons. The van der Waals surface area contributed by atoms with E-state index in [4.69, 9.17) is 0 Å². The van der Waals surface area contributed by atoms with E-state index in [0.717, 1.165) is 17.7 Å². The van der Waals surface area contributed by atoms with Crippen LogP contribution in [0.2, 0.25) is 0 Å². The molecule has 2 atom stereocenters. The minimum Gasteiger partial charge on any atom is -0.348 e. The summed E-state index contributed by atoms with van der Waals surface area (Å²) in [6, 6.07) is 11.1. The topological polar surface area (TPSA) is 67.2 Å². The highest BCUT2D eigenvalue weighted by Gasteiger charge is 2.35. The smallest absolute Gasteiger partial charge is 0.264 e. The first kappa shape index (κ1) is 18.4. The third-order valence-corrected chi connectivity index (χ3v) is 5.96. The van der Waals surface area contributed by atoms with Gasteiger partial charge in [0.1, 0.15) is 6.04 Å². The Morgan fingerprint density at radius 2 is 2.07 bits per heavy atom. The predicted molar refractivity (Wildman–Crippen MR) is 108 cm³/mol. The minimum atomic E-state index is -0.401. The number of amides is 2. The summed E-state index contributed by atoms with van der Waals surface area (Å²) in [6.07, 6.45) is 6.93. The summed E-state index contributed by atoms with van der Waals surface area (Å²) < 4.78 is 1.93. The molecule has 0 radical (unpaired) electrons. The zero-order valence-electron chi connectivity index (χ0n) is 15.6. The van der Waals surface area contributed by atoms with Crippen molar-refractivity contribution in [1.82, 2.24) is 19.8 Å². The molecule has 0 spiro atoms. The lowest BCUT2D eigenvalue weighted by Crippen LogP contribution is -2.46. The number of nitrogens with zero attached hydrogens (tertiary/aromatic N) is 3. The number of imidazole rings is 1. The molecule has 7 heteroatoms. The van der Waals surface area contributed by atoms with Crippen LogP contribution in [0.1, 0.15) is 41.0 Å². The van der Waals surface area contributed by atoms with Crippen molar-refractivity contribution in [3.8, 4) is 5.69 Å². The number of thiophene rings is 1. The molecule has 28 heavy (non-hydrogen) atoms. The van der Waals surface area contributed by atoms with Gasteiger partial charge in [0.05, 0.1) is 17.2 Å². The van der Waals surface area contributed by atoms with Crippen LogP contribution < -0.4 is 5.32 Å². The van der Waals surface area contributed by atoms with Gasteiger partial charge in [-0.2, -0.15) is 0 Å². The van der Waals surface area contributed by atoms with E-state index in [0.29, 0.717) is 17.8 Å². The fourth-order valence-electron chi connectivity index (χ4n) is 3.56. The van der Waals surface area contributed by atoms with Crippen molar-refractivity contribution < 1.29 is 9.59 Å². The van der Waals surface area contributed by atoms with Gasteiger partial charge in [-0.1, -0.05) is 18.2 Å². The molecule has 0 unspecified atom stereocenters. The molecule has 4 rings (SSSR count). The van der Waals surface area contributed by atoms with Crippen molar-refractivity contribution in [1.29, 1.82) is 0 Å². The number of hydrogen-bond acceptors (Lipinski definition) is 4. The number of carbonyl (C=O) groups excluding carboxylic acids is 2. The zero-order valence-corrected chi connectivity index (χ0v) is 16.4. The molecule has 0 bridgehead atoms. The van der Waals surface area contributed by atoms with Crippen molar-refractivity contribution >= 4 is 23.2 Å². The van der Waals surface area contributed by atoms with E-state index in [-0.39, 0.29) is 17.9 Å². The van der Waals surface area contributed by atoms with Crippen LogP contribution in [0.25, 0.3) is 5.69 Å². The van der Waals surface area contributed by atoms with Crippen LogP contribution in [-0.2, 0) is 4.79 Å². The van der Waals surface area contributed by atoms with E-state index < -0.39 is 6.04 Å². The van der Waals surface area contributed by atoms with Crippen LogP contribution in [0.3, 0.4) is 0 Å². The number of carbonyl (C=O) groups is 2. The van der Waals surface area contributed by atoms with E-state index in [1.807, 2.05) is 59.5 Å². The molecule has 3 aromatic rings. The maximum Gasteiger partial charge on any atom is 0.264 e. The standard InChI is InChI=1S/C21H22N4O2S/c1-15(16-6-8-17(9-7-16)24-12-10-22-14-24)23-20(26)18-4-2-11-25(18)21(27)19-5-3-13-28-19/h3,5-10,12-15,18H,2,4,11H2,1H3,(H,23,26)/t15-,18+/m1/s1. The minimum absolute atomic E-state index is 0.0509. The fourth-order valence-corrected chi connectivity index (χ4v) is 4.24. The first-order valence-corrected chi connectivity index (χ1v) is 10.2. The molecule has 2 amide bonds. The van der Waals surface area contributed by atoms with Gasteiger partial charge in [0, 0.05) is 24.6 Å². The number of nitrogens with one attached hydrogen (secondary N) is 1. The molecule has 1 fully saturated rings. The van der Waals surface area contributed by atoms with Gasteiger partial charge in [0.2, 0.25) is 5.91 Å². The van der Waals surface area contributed by atoms with Crippen LogP contribution in [0.4, 0.5) is 0 Å². The molecule has 1 saturated heterocycles. The average Bonchev–Trinajstić information content (AvgIpc) is 3.50. The Balaban J connectivity index is 1.41. The molecule has 6 nitrogen and oxygen atoms in total. The van der Waals surface area contributed by atoms with Crippen molar-refractivity contribution in [2.24, 2.45) is 0 Å². The van der Waals surface area contributed by atoms with Gasteiger partial charge in [-0.05, 0) is 48.9 Å². The van der Waals surface area contributed by atoms with Crippen molar-refractivity contribution in [3.63, 3.8) is 0 Å². The first-order valence-electron chi connectivity index (χ1n) is 9.36. The molecule has 1 aliphatic heterocycles. The van der Waals surface area contributed by atoms with Crippen LogP contribution in [0, 0.1) is 0 Å². The molecule has 1 aromatic carbocycles. The largest absolute Gasteiger partial charge is 0.348 e.